The van der Waals surface area contributed by atoms with Crippen LogP contribution in [0.5, 0.6) is 5.75 Å². The Morgan fingerprint density at radius 3 is 2.71 bits per heavy atom. The maximum atomic E-state index is 11.7. The molecule has 104 valence electrons. The van der Waals surface area contributed by atoms with Crippen LogP contribution < -0.4 is 4.74 Å². The van der Waals surface area contributed by atoms with Crippen LogP contribution in [0.25, 0.3) is 0 Å². The van der Waals surface area contributed by atoms with Gasteiger partial charge in [0.25, 0.3) is 0 Å². The van der Waals surface area contributed by atoms with Crippen molar-refractivity contribution in [3.63, 3.8) is 0 Å². The lowest BCUT2D eigenvalue weighted by Crippen LogP contribution is -2.13. The molecule has 1 aliphatic carbocycles. The second-order valence-electron chi connectivity index (χ2n) is 4.36. The number of para-hydroxylation sites is 1. The number of carbonyl (C=O) groups excluding carboxylic acids is 3. The number of esters is 2. The summed E-state index contributed by atoms with van der Waals surface area (Å²) in [6, 6.07) is 8.49. The summed E-state index contributed by atoms with van der Waals surface area (Å²) in [6.45, 7) is 0. The number of nitrogens with zero attached hydrogens (tertiary/aromatic N) is 1. The Labute approximate surface area is 119 Å². The van der Waals surface area contributed by atoms with E-state index in [0.29, 0.717) is 5.75 Å². The Morgan fingerprint density at radius 2 is 1.95 bits per heavy atom. The van der Waals surface area contributed by atoms with Gasteiger partial charge < -0.3 is 9.47 Å². The van der Waals surface area contributed by atoms with Crippen molar-refractivity contribution in [2.45, 2.75) is 0 Å². The van der Waals surface area contributed by atoms with Crippen LogP contribution in [0.1, 0.15) is 0 Å². The maximum Gasteiger partial charge on any atom is 0.439 e. The molecule has 1 unspecified atom stereocenters. The van der Waals surface area contributed by atoms with Gasteiger partial charge in [0.1, 0.15) is 11.7 Å². The van der Waals surface area contributed by atoms with Gasteiger partial charge in [0.15, 0.2) is 0 Å². The normalized spacial score (nSPS) is 21.8. The predicted octanol–water partition coefficient (Wildman–Crippen LogP) is 1.82. The predicted molar refractivity (Wildman–Crippen MR) is 71.7 cm³/mol. The molecule has 2 aliphatic rings. The van der Waals surface area contributed by atoms with Crippen LogP contribution in [-0.4, -0.2) is 23.7 Å². The fourth-order valence-electron chi connectivity index (χ4n) is 1.99. The van der Waals surface area contributed by atoms with Crippen LogP contribution >= 0.6 is 0 Å². The zero-order valence-electron chi connectivity index (χ0n) is 10.7. The second kappa shape index (κ2) is 5.16. The summed E-state index contributed by atoms with van der Waals surface area (Å²) in [6.07, 6.45) is 3.48. The van der Waals surface area contributed by atoms with Crippen molar-refractivity contribution in [3.8, 4) is 5.75 Å². The molecule has 1 aromatic rings. The zero-order valence-corrected chi connectivity index (χ0v) is 10.7. The highest BCUT2D eigenvalue weighted by atomic mass is 16.6. The molecule has 1 aliphatic heterocycles. The topological polar surface area (TPSA) is 82.0 Å². The maximum absolute atomic E-state index is 11.7. The first kappa shape index (κ1) is 13.0. The summed E-state index contributed by atoms with van der Waals surface area (Å²) >= 11 is 0. The Hall–Kier alpha value is -3.02. The standard InChI is InChI=1S/C15H9NO5/c17-13-11-7-6-9(8-12(11)14(18)21-13)16-15(19)20-10-4-2-1-3-5-10/h1-8,11H. The third-order valence-electron chi connectivity index (χ3n) is 2.95. The Morgan fingerprint density at radius 1 is 1.19 bits per heavy atom. The van der Waals surface area contributed by atoms with Gasteiger partial charge in [-0.05, 0) is 24.3 Å². The molecular formula is C15H9NO5. The minimum Gasteiger partial charge on any atom is -0.409 e. The van der Waals surface area contributed by atoms with Crippen molar-refractivity contribution in [2.24, 2.45) is 10.9 Å². The highest BCUT2D eigenvalue weighted by molar-refractivity contribution is 6.18. The number of amides is 1. The van der Waals surface area contributed by atoms with Crippen LogP contribution in [0, 0.1) is 5.92 Å². The number of allylic oxidation sites excluding steroid dienone is 2. The van der Waals surface area contributed by atoms with Gasteiger partial charge in [-0.2, -0.15) is 4.99 Å². The third-order valence-corrected chi connectivity index (χ3v) is 2.95. The van der Waals surface area contributed by atoms with E-state index in [0.717, 1.165) is 0 Å². The molecule has 3 rings (SSSR count). The largest absolute Gasteiger partial charge is 0.439 e. The van der Waals surface area contributed by atoms with Gasteiger partial charge in [0, 0.05) is 0 Å². The van der Waals surface area contributed by atoms with Crippen LogP contribution in [0.4, 0.5) is 4.79 Å². The number of aliphatic imine (C=N–C) groups is 1. The summed E-state index contributed by atoms with van der Waals surface area (Å²) in [5, 5.41) is 0. The molecule has 1 atom stereocenters. The van der Waals surface area contributed by atoms with Gasteiger partial charge in [0.05, 0.1) is 11.3 Å². The van der Waals surface area contributed by atoms with Gasteiger partial charge in [-0.15, -0.1) is 0 Å². The van der Waals surface area contributed by atoms with Gasteiger partial charge in [-0.1, -0.05) is 24.3 Å². The summed E-state index contributed by atoms with van der Waals surface area (Å²) in [5.74, 6) is -1.67. The van der Waals surface area contributed by atoms with Crippen LogP contribution in [0.2, 0.25) is 0 Å². The van der Waals surface area contributed by atoms with Gasteiger partial charge in [-0.3, -0.25) is 4.79 Å². The number of hydrogen-bond acceptors (Lipinski definition) is 5. The number of rotatable bonds is 1. The molecule has 0 N–H and O–H groups in total. The van der Waals surface area contributed by atoms with Crippen molar-refractivity contribution in [1.82, 2.24) is 0 Å². The van der Waals surface area contributed by atoms with Crippen molar-refractivity contribution in [1.29, 1.82) is 0 Å². The number of ether oxygens (including phenoxy) is 2. The monoisotopic (exact) mass is 283 g/mol. The molecule has 0 aromatic heterocycles. The lowest BCUT2D eigenvalue weighted by molar-refractivity contribution is -0.152. The Balaban J connectivity index is 1.77. The molecule has 6 heteroatoms. The fraction of sp³-hybridized carbons (Fsp3) is 0.0667. The fourth-order valence-corrected chi connectivity index (χ4v) is 1.99. The molecule has 0 radical (unpaired) electrons. The van der Waals surface area contributed by atoms with Crippen molar-refractivity contribution in [2.75, 3.05) is 0 Å². The lowest BCUT2D eigenvalue weighted by Gasteiger charge is -2.06. The first-order valence-corrected chi connectivity index (χ1v) is 6.15. The van der Waals surface area contributed by atoms with Crippen LogP contribution in [-0.2, 0) is 14.3 Å². The summed E-state index contributed by atoms with van der Waals surface area (Å²) in [4.78, 5) is 38.1. The first-order valence-electron chi connectivity index (χ1n) is 6.15. The average molecular weight is 283 g/mol. The van der Waals surface area contributed by atoms with Crippen molar-refractivity contribution < 1.29 is 23.9 Å². The van der Waals surface area contributed by atoms with Crippen molar-refractivity contribution >= 4 is 23.7 Å². The van der Waals surface area contributed by atoms with E-state index in [4.69, 9.17) is 4.74 Å². The highest BCUT2D eigenvalue weighted by Crippen LogP contribution is 2.27. The smallest absolute Gasteiger partial charge is 0.409 e. The summed E-state index contributed by atoms with van der Waals surface area (Å²) < 4.78 is 9.49. The lowest BCUT2D eigenvalue weighted by atomic mass is 9.95. The number of fused-ring (bicyclic) bond motifs is 1. The van der Waals surface area contributed by atoms with E-state index in [-0.39, 0.29) is 11.3 Å². The molecule has 21 heavy (non-hydrogen) atoms. The minimum absolute atomic E-state index is 0.175. The highest BCUT2D eigenvalue weighted by Gasteiger charge is 2.38. The SMILES string of the molecule is O=C(N=C1C=CC2C(=O)OC(=O)C2=C1)Oc1ccccc1. The molecule has 6 nitrogen and oxygen atoms in total. The van der Waals surface area contributed by atoms with Crippen molar-refractivity contribution in [3.05, 3.63) is 54.1 Å². The molecule has 1 fully saturated rings. The van der Waals surface area contributed by atoms with E-state index in [1.807, 2.05) is 0 Å². The quantitative estimate of drug-likeness (QED) is 0.580. The van der Waals surface area contributed by atoms with E-state index in [9.17, 15) is 14.4 Å². The second-order valence-corrected chi connectivity index (χ2v) is 4.36. The summed E-state index contributed by atoms with van der Waals surface area (Å²) in [7, 11) is 0. The molecule has 1 saturated heterocycles. The molecular weight excluding hydrogens is 274 g/mol. The molecule has 1 aromatic carbocycles. The Bertz CT molecular complexity index is 715. The van der Waals surface area contributed by atoms with E-state index in [2.05, 4.69) is 9.73 Å². The number of cyclic esters (lactones) is 2. The molecule has 1 amide bonds. The third kappa shape index (κ3) is 2.64. The molecule has 0 saturated carbocycles. The first-order chi connectivity index (χ1) is 10.1. The van der Waals surface area contributed by atoms with Gasteiger partial charge in [0.2, 0.25) is 0 Å². The van der Waals surface area contributed by atoms with E-state index >= 15 is 0 Å². The zero-order chi connectivity index (χ0) is 14.8. The van der Waals surface area contributed by atoms with Crippen LogP contribution in [0.15, 0.2) is 59.1 Å². The molecule has 0 bridgehead atoms. The van der Waals surface area contributed by atoms with E-state index < -0.39 is 23.9 Å². The van der Waals surface area contributed by atoms with Gasteiger partial charge >= 0.3 is 18.0 Å². The van der Waals surface area contributed by atoms with Crippen LogP contribution in [0.3, 0.4) is 0 Å². The number of benzene rings is 1. The van der Waals surface area contributed by atoms with E-state index in [1.165, 1.54) is 18.2 Å². The molecule has 0 spiro atoms. The summed E-state index contributed by atoms with van der Waals surface area (Å²) in [5.41, 5.74) is 0.405. The number of carbonyl (C=O) groups is 3. The minimum atomic E-state index is -0.811. The number of hydrogen-bond donors (Lipinski definition) is 0. The van der Waals surface area contributed by atoms with Gasteiger partial charge in [-0.25, -0.2) is 9.59 Å². The van der Waals surface area contributed by atoms with E-state index in [1.54, 1.807) is 30.3 Å². The molecule has 1 heterocycles. The Kier molecular flexibility index (Phi) is 3.19. The average Bonchev–Trinajstić information content (AvgIpc) is 2.74.